The van der Waals surface area contributed by atoms with Crippen LogP contribution < -0.4 is 5.56 Å². The first kappa shape index (κ1) is 18.4. The highest BCUT2D eigenvalue weighted by Crippen LogP contribution is 2.32. The molecular weight excluding hydrogens is 368 g/mol. The summed E-state index contributed by atoms with van der Waals surface area (Å²) in [6.07, 6.45) is 1.65. The van der Waals surface area contributed by atoms with Crippen LogP contribution in [0.2, 0.25) is 0 Å². The molecule has 0 amide bonds. The molecule has 1 aromatic carbocycles. The molecule has 5 nitrogen and oxygen atoms in total. The number of thiophene rings is 1. The van der Waals surface area contributed by atoms with Crippen molar-refractivity contribution in [3.63, 3.8) is 0 Å². The molecule has 0 N–H and O–H groups in total. The predicted octanol–water partition coefficient (Wildman–Crippen LogP) is 3.96. The number of ether oxygens (including phenoxy) is 1. The van der Waals surface area contributed by atoms with Gasteiger partial charge in [0.05, 0.1) is 12.5 Å². The molecule has 26 heavy (non-hydrogen) atoms. The number of hydrogen-bond acceptors (Lipinski definition) is 6. The molecule has 1 atom stereocenters. The van der Waals surface area contributed by atoms with E-state index in [0.717, 1.165) is 11.1 Å². The number of nitrogens with zero attached hydrogens (tertiary/aromatic N) is 2. The fourth-order valence-corrected chi connectivity index (χ4v) is 4.52. The van der Waals surface area contributed by atoms with E-state index < -0.39 is 5.25 Å². The Balaban J connectivity index is 2.17. The molecule has 0 aliphatic heterocycles. The van der Waals surface area contributed by atoms with Crippen molar-refractivity contribution in [3.05, 3.63) is 58.7 Å². The standard InChI is InChI=1S/C19H18N2O3S2/c1-4-10-21-17(22)15-14(13-8-6-5-7-9-13)11-25-16(15)20-19(21)26-12(2)18(23)24-3/h4-9,11-12H,1,10H2,2-3H3/t12-/m1/s1. The van der Waals surface area contributed by atoms with Crippen LogP contribution in [0.4, 0.5) is 0 Å². The van der Waals surface area contributed by atoms with E-state index in [1.165, 1.54) is 30.2 Å². The number of benzene rings is 1. The smallest absolute Gasteiger partial charge is 0.318 e. The summed E-state index contributed by atoms with van der Waals surface area (Å²) in [7, 11) is 1.35. The molecule has 0 aliphatic rings. The molecule has 7 heteroatoms. The lowest BCUT2D eigenvalue weighted by Crippen LogP contribution is -2.24. The van der Waals surface area contributed by atoms with Crippen LogP contribution in [-0.2, 0) is 16.1 Å². The first-order valence-corrected chi connectivity index (χ1v) is 9.75. The normalized spacial score (nSPS) is 12.1. The Kier molecular flexibility index (Phi) is 5.58. The zero-order valence-electron chi connectivity index (χ0n) is 14.5. The summed E-state index contributed by atoms with van der Waals surface area (Å²) >= 11 is 2.64. The zero-order chi connectivity index (χ0) is 18.7. The van der Waals surface area contributed by atoms with E-state index in [2.05, 4.69) is 11.6 Å². The maximum absolute atomic E-state index is 13.2. The maximum atomic E-state index is 13.2. The monoisotopic (exact) mass is 386 g/mol. The van der Waals surface area contributed by atoms with Crippen LogP contribution in [0.15, 0.2) is 58.3 Å². The Morgan fingerprint density at radius 1 is 1.42 bits per heavy atom. The number of esters is 1. The number of aromatic nitrogens is 2. The minimum Gasteiger partial charge on any atom is -0.468 e. The molecule has 134 valence electrons. The van der Waals surface area contributed by atoms with Crippen LogP contribution in [0.3, 0.4) is 0 Å². The van der Waals surface area contributed by atoms with Gasteiger partial charge in [0.25, 0.3) is 5.56 Å². The number of thioether (sulfide) groups is 1. The lowest BCUT2D eigenvalue weighted by Gasteiger charge is -2.13. The SMILES string of the molecule is C=CCn1c(S[C@H](C)C(=O)OC)nc2scc(-c3ccccc3)c2c1=O. The lowest BCUT2D eigenvalue weighted by molar-refractivity contribution is -0.139. The quantitative estimate of drug-likeness (QED) is 0.278. The average Bonchev–Trinajstić information content (AvgIpc) is 3.09. The van der Waals surface area contributed by atoms with Crippen molar-refractivity contribution in [3.8, 4) is 11.1 Å². The van der Waals surface area contributed by atoms with Gasteiger partial charge in [-0.15, -0.1) is 17.9 Å². The first-order valence-electron chi connectivity index (χ1n) is 7.99. The minimum absolute atomic E-state index is 0.130. The summed E-state index contributed by atoms with van der Waals surface area (Å²) in [5, 5.41) is 2.57. The van der Waals surface area contributed by atoms with Crippen LogP contribution in [-0.4, -0.2) is 27.9 Å². The van der Waals surface area contributed by atoms with Gasteiger partial charge in [0.1, 0.15) is 10.1 Å². The summed E-state index contributed by atoms with van der Waals surface area (Å²) in [5.74, 6) is -0.356. The van der Waals surface area contributed by atoms with Crippen molar-refractivity contribution in [1.82, 2.24) is 9.55 Å². The van der Waals surface area contributed by atoms with Gasteiger partial charge in [-0.05, 0) is 12.5 Å². The van der Waals surface area contributed by atoms with Gasteiger partial charge in [-0.25, -0.2) is 4.98 Å². The molecule has 0 radical (unpaired) electrons. The van der Waals surface area contributed by atoms with E-state index in [0.29, 0.717) is 21.9 Å². The van der Waals surface area contributed by atoms with Gasteiger partial charge in [0, 0.05) is 17.5 Å². The second-order valence-electron chi connectivity index (χ2n) is 5.58. The van der Waals surface area contributed by atoms with Crippen molar-refractivity contribution in [2.45, 2.75) is 23.9 Å². The number of allylic oxidation sites excluding steroid dienone is 1. The van der Waals surface area contributed by atoms with Gasteiger partial charge >= 0.3 is 5.97 Å². The van der Waals surface area contributed by atoms with Crippen LogP contribution in [0.25, 0.3) is 21.3 Å². The van der Waals surface area contributed by atoms with Gasteiger partial charge in [-0.1, -0.05) is 48.2 Å². The fraction of sp³-hybridized carbons (Fsp3) is 0.211. The van der Waals surface area contributed by atoms with Crippen LogP contribution in [0, 0.1) is 0 Å². The number of fused-ring (bicyclic) bond motifs is 1. The molecule has 0 fully saturated rings. The van der Waals surface area contributed by atoms with E-state index in [9.17, 15) is 9.59 Å². The van der Waals surface area contributed by atoms with Gasteiger partial charge in [-0.3, -0.25) is 14.2 Å². The summed E-state index contributed by atoms with van der Waals surface area (Å²) in [4.78, 5) is 30.2. The van der Waals surface area contributed by atoms with E-state index in [-0.39, 0.29) is 11.5 Å². The third-order valence-corrected chi connectivity index (χ3v) is 5.81. The van der Waals surface area contributed by atoms with Crippen molar-refractivity contribution >= 4 is 39.3 Å². The fourth-order valence-electron chi connectivity index (χ4n) is 2.59. The van der Waals surface area contributed by atoms with Crippen molar-refractivity contribution in [1.29, 1.82) is 0 Å². The number of methoxy groups -OCH3 is 1. The van der Waals surface area contributed by atoms with Crippen LogP contribution >= 0.6 is 23.1 Å². The molecule has 2 aromatic heterocycles. The molecule has 0 bridgehead atoms. The molecule has 0 saturated heterocycles. The summed E-state index contributed by atoms with van der Waals surface area (Å²) in [6.45, 7) is 5.78. The van der Waals surface area contributed by atoms with Crippen LogP contribution in [0.5, 0.6) is 0 Å². The highest BCUT2D eigenvalue weighted by atomic mass is 32.2. The number of carbonyl (C=O) groups is 1. The summed E-state index contributed by atoms with van der Waals surface area (Å²) in [5.41, 5.74) is 1.72. The molecule has 0 saturated carbocycles. The third kappa shape index (κ3) is 3.45. The Labute approximate surface area is 159 Å². The van der Waals surface area contributed by atoms with Crippen LogP contribution in [0.1, 0.15) is 6.92 Å². The van der Waals surface area contributed by atoms with E-state index in [1.807, 2.05) is 35.7 Å². The lowest BCUT2D eigenvalue weighted by atomic mass is 10.1. The largest absolute Gasteiger partial charge is 0.468 e. The Bertz CT molecular complexity index is 1010. The maximum Gasteiger partial charge on any atom is 0.318 e. The van der Waals surface area contributed by atoms with E-state index >= 15 is 0 Å². The Hall–Kier alpha value is -2.38. The third-order valence-electron chi connectivity index (χ3n) is 3.87. The molecule has 0 spiro atoms. The Morgan fingerprint density at radius 3 is 2.81 bits per heavy atom. The number of carbonyl (C=O) groups excluding carboxylic acids is 1. The predicted molar refractivity (Wildman–Crippen MR) is 107 cm³/mol. The Morgan fingerprint density at radius 2 is 2.15 bits per heavy atom. The highest BCUT2D eigenvalue weighted by molar-refractivity contribution is 8.00. The van der Waals surface area contributed by atoms with Gasteiger partial charge in [0.15, 0.2) is 5.16 Å². The van der Waals surface area contributed by atoms with Gasteiger partial charge in [-0.2, -0.15) is 0 Å². The van der Waals surface area contributed by atoms with E-state index in [4.69, 9.17) is 4.74 Å². The molecule has 3 aromatic rings. The van der Waals surface area contributed by atoms with Crippen molar-refractivity contribution in [2.24, 2.45) is 0 Å². The second-order valence-corrected chi connectivity index (χ2v) is 7.74. The number of rotatable bonds is 6. The summed E-state index contributed by atoms with van der Waals surface area (Å²) < 4.78 is 6.33. The molecule has 0 unspecified atom stereocenters. The van der Waals surface area contributed by atoms with Crippen molar-refractivity contribution < 1.29 is 9.53 Å². The van der Waals surface area contributed by atoms with Gasteiger partial charge < -0.3 is 4.74 Å². The minimum atomic E-state index is -0.464. The molecular formula is C19H18N2O3S2. The number of hydrogen-bond donors (Lipinski definition) is 0. The average molecular weight is 386 g/mol. The first-order chi connectivity index (χ1) is 12.6. The van der Waals surface area contributed by atoms with Gasteiger partial charge in [0.2, 0.25) is 0 Å². The highest BCUT2D eigenvalue weighted by Gasteiger charge is 2.21. The van der Waals surface area contributed by atoms with E-state index in [1.54, 1.807) is 17.6 Å². The summed E-state index contributed by atoms with van der Waals surface area (Å²) in [6, 6.07) is 9.77. The molecule has 2 heterocycles. The van der Waals surface area contributed by atoms with Crippen molar-refractivity contribution in [2.75, 3.05) is 7.11 Å². The second kappa shape index (κ2) is 7.88. The topological polar surface area (TPSA) is 61.2 Å². The zero-order valence-corrected chi connectivity index (χ0v) is 16.1. The molecule has 3 rings (SSSR count). The molecule has 0 aliphatic carbocycles.